The Balaban J connectivity index is 4.06. The van der Waals surface area contributed by atoms with Crippen molar-refractivity contribution in [1.82, 2.24) is 0 Å². The van der Waals surface area contributed by atoms with Gasteiger partial charge in [-0.05, 0) is 44.9 Å². The predicted octanol–water partition coefficient (Wildman–Crippen LogP) is 6.60. The van der Waals surface area contributed by atoms with Gasteiger partial charge in [-0.2, -0.15) is 0 Å². The molecule has 0 saturated carbocycles. The van der Waals surface area contributed by atoms with E-state index in [1.54, 1.807) is 5.57 Å². The van der Waals surface area contributed by atoms with E-state index in [1.165, 1.54) is 63.4 Å². The van der Waals surface area contributed by atoms with E-state index >= 15 is 0 Å². The Morgan fingerprint density at radius 2 is 1.67 bits per heavy atom. The smallest absolute Gasteiger partial charge is 0.0283 e. The Morgan fingerprint density at radius 1 is 0.889 bits per heavy atom. The third-order valence-corrected chi connectivity index (χ3v) is 3.30. The van der Waals surface area contributed by atoms with Crippen molar-refractivity contribution < 1.29 is 0 Å². The summed E-state index contributed by atoms with van der Waals surface area (Å²) in [4.78, 5) is 0. The van der Waals surface area contributed by atoms with Crippen LogP contribution in [0.3, 0.4) is 0 Å². The van der Waals surface area contributed by atoms with Crippen molar-refractivity contribution in [3.63, 3.8) is 0 Å². The van der Waals surface area contributed by atoms with E-state index in [-0.39, 0.29) is 0 Å². The van der Waals surface area contributed by atoms with Gasteiger partial charge < -0.3 is 0 Å². The zero-order chi connectivity index (χ0) is 13.6. The first-order valence-electron chi connectivity index (χ1n) is 7.70. The van der Waals surface area contributed by atoms with Gasteiger partial charge in [0.15, 0.2) is 0 Å². The molecule has 18 heavy (non-hydrogen) atoms. The zero-order valence-electron chi connectivity index (χ0n) is 12.6. The first-order valence-corrected chi connectivity index (χ1v) is 7.70. The topological polar surface area (TPSA) is 0 Å². The van der Waals surface area contributed by atoms with Crippen LogP contribution in [0.4, 0.5) is 0 Å². The summed E-state index contributed by atoms with van der Waals surface area (Å²) in [5.41, 5.74) is 3.06. The molecule has 0 unspecified atom stereocenters. The fourth-order valence-corrected chi connectivity index (χ4v) is 2.13. The van der Waals surface area contributed by atoms with Gasteiger partial charge in [0.05, 0.1) is 0 Å². The number of hydrogen-bond donors (Lipinski definition) is 0. The fraction of sp³-hybridized carbons (Fsp3) is 0.667. The minimum Gasteiger partial charge on any atom is -0.103 e. The normalized spacial score (nSPS) is 11.6. The Labute approximate surface area is 115 Å². The average molecular weight is 248 g/mol. The summed E-state index contributed by atoms with van der Waals surface area (Å²) in [6.07, 6.45) is 16.8. The number of allylic oxidation sites excluding steroid dienone is 4. The molecule has 0 aliphatic heterocycles. The van der Waals surface area contributed by atoms with Gasteiger partial charge in [0.1, 0.15) is 0 Å². The van der Waals surface area contributed by atoms with Crippen molar-refractivity contribution in [3.8, 4) is 0 Å². The van der Waals surface area contributed by atoms with Gasteiger partial charge in [0.2, 0.25) is 0 Å². The second kappa shape index (κ2) is 12.7. The molecule has 0 heteroatoms. The van der Waals surface area contributed by atoms with E-state index in [4.69, 9.17) is 0 Å². The molecule has 0 N–H and O–H groups in total. The van der Waals surface area contributed by atoms with Crippen LogP contribution in [0.15, 0.2) is 36.5 Å². The maximum Gasteiger partial charge on any atom is -0.0283 e. The van der Waals surface area contributed by atoms with E-state index in [9.17, 15) is 0 Å². The van der Waals surface area contributed by atoms with Crippen LogP contribution in [0.2, 0.25) is 0 Å². The summed E-state index contributed by atoms with van der Waals surface area (Å²) in [7, 11) is 0. The lowest BCUT2D eigenvalue weighted by atomic mass is 9.97. The zero-order valence-corrected chi connectivity index (χ0v) is 12.6. The molecule has 0 bridgehead atoms. The SMILES string of the molecule is C=CCCCC(=CCCCC)CCC(=C)CCC. The Bertz CT molecular complexity index is 245. The van der Waals surface area contributed by atoms with Crippen LogP contribution in [0, 0.1) is 0 Å². The van der Waals surface area contributed by atoms with Crippen molar-refractivity contribution in [2.45, 2.75) is 78.1 Å². The monoisotopic (exact) mass is 248 g/mol. The maximum atomic E-state index is 4.17. The standard InChI is InChI=1S/C18H32/c1-5-8-10-13-18(14-11-9-6-2)16-15-17(4)12-7-3/h5,14H,1,4,6-13,15-16H2,2-3H3. The Hall–Kier alpha value is -0.780. The van der Waals surface area contributed by atoms with Crippen molar-refractivity contribution in [2.24, 2.45) is 0 Å². The highest BCUT2D eigenvalue weighted by molar-refractivity contribution is 5.06. The number of rotatable bonds is 12. The first-order chi connectivity index (χ1) is 8.74. The van der Waals surface area contributed by atoms with E-state index < -0.39 is 0 Å². The molecule has 0 aromatic heterocycles. The molecule has 0 nitrogen and oxygen atoms in total. The quantitative estimate of drug-likeness (QED) is 0.270. The summed E-state index contributed by atoms with van der Waals surface area (Å²) < 4.78 is 0. The van der Waals surface area contributed by atoms with Gasteiger partial charge in [-0.3, -0.25) is 0 Å². The summed E-state index contributed by atoms with van der Waals surface area (Å²) in [6.45, 7) is 12.5. The van der Waals surface area contributed by atoms with E-state index in [0.29, 0.717) is 0 Å². The van der Waals surface area contributed by atoms with E-state index in [2.05, 4.69) is 33.1 Å². The van der Waals surface area contributed by atoms with Gasteiger partial charge >= 0.3 is 0 Å². The molecule has 0 aromatic rings. The van der Waals surface area contributed by atoms with Crippen molar-refractivity contribution >= 4 is 0 Å². The highest BCUT2D eigenvalue weighted by Crippen LogP contribution is 2.20. The maximum absolute atomic E-state index is 4.17. The summed E-state index contributed by atoms with van der Waals surface area (Å²) >= 11 is 0. The molecule has 0 spiro atoms. The van der Waals surface area contributed by atoms with Gasteiger partial charge in [-0.1, -0.05) is 63.0 Å². The molecule has 0 radical (unpaired) electrons. The summed E-state index contributed by atoms with van der Waals surface area (Å²) in [6, 6.07) is 0. The highest BCUT2D eigenvalue weighted by Gasteiger charge is 2.00. The lowest BCUT2D eigenvalue weighted by molar-refractivity contribution is 0.738. The Kier molecular flexibility index (Phi) is 12.1. The van der Waals surface area contributed by atoms with Crippen LogP contribution in [0.1, 0.15) is 78.1 Å². The molecule has 0 saturated heterocycles. The van der Waals surface area contributed by atoms with Crippen LogP contribution in [-0.4, -0.2) is 0 Å². The van der Waals surface area contributed by atoms with E-state index in [0.717, 1.165) is 6.42 Å². The van der Waals surface area contributed by atoms with Crippen molar-refractivity contribution in [1.29, 1.82) is 0 Å². The molecule has 0 aliphatic carbocycles. The second-order valence-corrected chi connectivity index (χ2v) is 5.19. The number of hydrogen-bond acceptors (Lipinski definition) is 0. The predicted molar refractivity (Wildman–Crippen MR) is 84.9 cm³/mol. The van der Waals surface area contributed by atoms with Crippen molar-refractivity contribution in [2.75, 3.05) is 0 Å². The summed E-state index contributed by atoms with van der Waals surface area (Å²) in [5.74, 6) is 0. The van der Waals surface area contributed by atoms with E-state index in [1.807, 2.05) is 6.08 Å². The van der Waals surface area contributed by atoms with Gasteiger partial charge in [0, 0.05) is 0 Å². The minimum absolute atomic E-state index is 1.14. The second-order valence-electron chi connectivity index (χ2n) is 5.19. The fourth-order valence-electron chi connectivity index (χ4n) is 2.13. The third kappa shape index (κ3) is 10.4. The molecule has 0 atom stereocenters. The highest BCUT2D eigenvalue weighted by atomic mass is 14.1. The average Bonchev–Trinajstić information content (AvgIpc) is 2.36. The first kappa shape index (κ1) is 17.2. The largest absolute Gasteiger partial charge is 0.103 e. The number of unbranched alkanes of at least 4 members (excludes halogenated alkanes) is 3. The molecule has 0 amide bonds. The molecular formula is C18H32. The summed E-state index contributed by atoms with van der Waals surface area (Å²) in [5, 5.41) is 0. The molecule has 104 valence electrons. The molecule has 0 aliphatic rings. The lowest BCUT2D eigenvalue weighted by Gasteiger charge is -2.09. The van der Waals surface area contributed by atoms with Gasteiger partial charge in [0.25, 0.3) is 0 Å². The van der Waals surface area contributed by atoms with Crippen molar-refractivity contribution in [3.05, 3.63) is 36.5 Å². The third-order valence-electron chi connectivity index (χ3n) is 3.30. The van der Waals surface area contributed by atoms with Gasteiger partial charge in [-0.25, -0.2) is 0 Å². The minimum atomic E-state index is 1.14. The van der Waals surface area contributed by atoms with Crippen LogP contribution < -0.4 is 0 Å². The van der Waals surface area contributed by atoms with Gasteiger partial charge in [-0.15, -0.1) is 6.58 Å². The Morgan fingerprint density at radius 3 is 2.28 bits per heavy atom. The van der Waals surface area contributed by atoms with Crippen LogP contribution >= 0.6 is 0 Å². The lowest BCUT2D eigenvalue weighted by Crippen LogP contribution is -1.89. The molecular weight excluding hydrogens is 216 g/mol. The van der Waals surface area contributed by atoms with Crippen LogP contribution in [-0.2, 0) is 0 Å². The van der Waals surface area contributed by atoms with Crippen LogP contribution in [0.5, 0.6) is 0 Å². The molecule has 0 rings (SSSR count). The van der Waals surface area contributed by atoms with Crippen LogP contribution in [0.25, 0.3) is 0 Å². The molecule has 0 fully saturated rings. The molecule has 0 heterocycles. The molecule has 0 aromatic carbocycles.